The summed E-state index contributed by atoms with van der Waals surface area (Å²) in [5, 5.41) is 3.30. The van der Waals surface area contributed by atoms with Crippen LogP contribution in [0.2, 0.25) is 5.02 Å². The van der Waals surface area contributed by atoms with Crippen molar-refractivity contribution in [3.8, 4) is 5.75 Å². The number of hydrogen-bond donors (Lipinski definition) is 1. The van der Waals surface area contributed by atoms with E-state index >= 15 is 0 Å². The molecule has 2 aromatic rings. The van der Waals surface area contributed by atoms with Crippen LogP contribution in [0.5, 0.6) is 5.75 Å². The molecule has 0 aliphatic carbocycles. The first-order chi connectivity index (χ1) is 13.9. The number of nitrogens with zero attached hydrogens (tertiary/aromatic N) is 1. The lowest BCUT2D eigenvalue weighted by molar-refractivity contribution is -0.122. The number of carbonyl (C=O) groups is 2. The Bertz CT molecular complexity index is 807. The highest BCUT2D eigenvalue weighted by Gasteiger charge is 2.15. The van der Waals surface area contributed by atoms with Crippen molar-refractivity contribution in [2.24, 2.45) is 0 Å². The van der Waals surface area contributed by atoms with E-state index in [2.05, 4.69) is 24.1 Å². The largest absolute Gasteiger partial charge is 0.481 e. The number of ether oxygens (including phenoxy) is 2. The summed E-state index contributed by atoms with van der Waals surface area (Å²) in [6.07, 6.45) is -0.710. The van der Waals surface area contributed by atoms with Gasteiger partial charge in [-0.2, -0.15) is 0 Å². The van der Waals surface area contributed by atoms with E-state index in [1.807, 2.05) is 0 Å². The molecule has 0 heterocycles. The third-order valence-electron chi connectivity index (χ3n) is 4.40. The number of halogens is 1. The molecule has 29 heavy (non-hydrogen) atoms. The Balaban J connectivity index is 1.84. The van der Waals surface area contributed by atoms with Gasteiger partial charge in [0, 0.05) is 17.3 Å². The molecule has 7 heteroatoms. The molecule has 0 aliphatic heterocycles. The Hall–Kier alpha value is -2.57. The molecule has 0 aromatic heterocycles. The molecule has 0 saturated heterocycles. The van der Waals surface area contributed by atoms with E-state index in [1.165, 1.54) is 0 Å². The highest BCUT2D eigenvalue weighted by atomic mass is 35.5. The Labute approximate surface area is 176 Å². The molecule has 0 spiro atoms. The van der Waals surface area contributed by atoms with Gasteiger partial charge < -0.3 is 19.7 Å². The molecule has 156 valence electrons. The summed E-state index contributed by atoms with van der Waals surface area (Å²) in [6, 6.07) is 13.4. The van der Waals surface area contributed by atoms with Crippen molar-refractivity contribution in [3.63, 3.8) is 0 Å². The number of esters is 1. The summed E-state index contributed by atoms with van der Waals surface area (Å²) < 4.78 is 10.9. The van der Waals surface area contributed by atoms with Gasteiger partial charge in [0.25, 0.3) is 5.91 Å². The lowest BCUT2D eigenvalue weighted by atomic mass is 10.2. The Morgan fingerprint density at radius 1 is 1.10 bits per heavy atom. The molecular formula is C22H27ClN2O4. The van der Waals surface area contributed by atoms with E-state index in [4.69, 9.17) is 21.1 Å². The SMILES string of the molecule is CCN(CC)CCOC(=O)c1ccc(NC(=O)[C@@H](C)Oc2cccc(Cl)c2)cc1. The van der Waals surface area contributed by atoms with Gasteiger partial charge in [0.2, 0.25) is 0 Å². The Morgan fingerprint density at radius 3 is 2.41 bits per heavy atom. The fourth-order valence-corrected chi connectivity index (χ4v) is 2.80. The normalized spacial score (nSPS) is 11.8. The molecule has 0 aliphatic rings. The maximum atomic E-state index is 12.3. The minimum Gasteiger partial charge on any atom is -0.481 e. The van der Waals surface area contributed by atoms with Crippen molar-refractivity contribution >= 4 is 29.2 Å². The fraction of sp³-hybridized carbons (Fsp3) is 0.364. The number of rotatable bonds is 10. The number of anilines is 1. The maximum absolute atomic E-state index is 12.3. The van der Waals surface area contributed by atoms with Gasteiger partial charge in [0.1, 0.15) is 12.4 Å². The van der Waals surface area contributed by atoms with Crippen LogP contribution >= 0.6 is 11.6 Å². The molecule has 1 amide bonds. The van der Waals surface area contributed by atoms with E-state index in [1.54, 1.807) is 55.5 Å². The van der Waals surface area contributed by atoms with E-state index < -0.39 is 6.10 Å². The standard InChI is InChI=1S/C22H27ClN2O4/c1-4-25(5-2)13-14-28-22(27)17-9-11-19(12-10-17)24-21(26)16(3)29-20-8-6-7-18(23)15-20/h6-12,15-16H,4-5,13-14H2,1-3H3,(H,24,26)/t16-/m1/s1. The van der Waals surface area contributed by atoms with Crippen molar-refractivity contribution in [1.82, 2.24) is 4.90 Å². The number of hydrogen-bond acceptors (Lipinski definition) is 5. The van der Waals surface area contributed by atoms with Gasteiger partial charge in [-0.15, -0.1) is 0 Å². The second kappa shape index (κ2) is 11.4. The van der Waals surface area contributed by atoms with E-state index in [-0.39, 0.29) is 11.9 Å². The topological polar surface area (TPSA) is 67.9 Å². The minimum absolute atomic E-state index is 0.306. The minimum atomic E-state index is -0.710. The lowest BCUT2D eigenvalue weighted by Crippen LogP contribution is -2.30. The highest BCUT2D eigenvalue weighted by Crippen LogP contribution is 2.19. The van der Waals surface area contributed by atoms with Crippen LogP contribution in [0.3, 0.4) is 0 Å². The lowest BCUT2D eigenvalue weighted by Gasteiger charge is -2.17. The fourth-order valence-electron chi connectivity index (χ4n) is 2.62. The number of likely N-dealkylation sites (N-methyl/N-ethyl adjacent to an activating group) is 1. The second-order valence-electron chi connectivity index (χ2n) is 6.45. The quantitative estimate of drug-likeness (QED) is 0.584. The molecule has 2 rings (SSSR count). The summed E-state index contributed by atoms with van der Waals surface area (Å²) in [7, 11) is 0. The maximum Gasteiger partial charge on any atom is 0.338 e. The van der Waals surface area contributed by atoms with Gasteiger partial charge in [-0.1, -0.05) is 31.5 Å². The van der Waals surface area contributed by atoms with Crippen LogP contribution in [-0.4, -0.2) is 49.1 Å². The average Bonchev–Trinajstić information content (AvgIpc) is 2.71. The summed E-state index contributed by atoms with van der Waals surface area (Å²) in [6.45, 7) is 8.68. The van der Waals surface area contributed by atoms with Crippen molar-refractivity contribution in [2.75, 3.05) is 31.6 Å². The molecule has 0 fully saturated rings. The summed E-state index contributed by atoms with van der Waals surface area (Å²) in [5.41, 5.74) is 1.00. The van der Waals surface area contributed by atoms with Crippen molar-refractivity contribution in [3.05, 3.63) is 59.1 Å². The summed E-state index contributed by atoms with van der Waals surface area (Å²) >= 11 is 5.92. The predicted octanol–water partition coefficient (Wildman–Crippen LogP) is 4.24. The third kappa shape index (κ3) is 7.40. The van der Waals surface area contributed by atoms with Gasteiger partial charge in [-0.3, -0.25) is 4.79 Å². The zero-order chi connectivity index (χ0) is 21.2. The van der Waals surface area contributed by atoms with Crippen molar-refractivity contribution < 1.29 is 19.1 Å². The molecule has 6 nitrogen and oxygen atoms in total. The van der Waals surface area contributed by atoms with Gasteiger partial charge in [0.15, 0.2) is 6.10 Å². The number of carbonyl (C=O) groups excluding carboxylic acids is 2. The van der Waals surface area contributed by atoms with Gasteiger partial charge in [0.05, 0.1) is 5.56 Å². The smallest absolute Gasteiger partial charge is 0.338 e. The molecule has 1 atom stereocenters. The molecule has 0 bridgehead atoms. The van der Waals surface area contributed by atoms with Crippen LogP contribution in [0.4, 0.5) is 5.69 Å². The van der Waals surface area contributed by atoms with Crippen LogP contribution in [-0.2, 0) is 9.53 Å². The van der Waals surface area contributed by atoms with E-state index in [0.29, 0.717) is 35.2 Å². The summed E-state index contributed by atoms with van der Waals surface area (Å²) in [4.78, 5) is 26.6. The van der Waals surface area contributed by atoms with Crippen LogP contribution in [0.25, 0.3) is 0 Å². The molecular weight excluding hydrogens is 392 g/mol. The first kappa shape index (κ1) is 22.7. The zero-order valence-corrected chi connectivity index (χ0v) is 17.7. The number of amides is 1. The molecule has 2 aromatic carbocycles. The van der Waals surface area contributed by atoms with Crippen LogP contribution < -0.4 is 10.1 Å². The monoisotopic (exact) mass is 418 g/mol. The van der Waals surface area contributed by atoms with Gasteiger partial charge in [-0.05, 0) is 62.5 Å². The van der Waals surface area contributed by atoms with Gasteiger partial charge in [-0.25, -0.2) is 4.79 Å². The molecule has 0 radical (unpaired) electrons. The van der Waals surface area contributed by atoms with E-state index in [0.717, 1.165) is 13.1 Å². The Morgan fingerprint density at radius 2 is 1.79 bits per heavy atom. The van der Waals surface area contributed by atoms with Crippen LogP contribution in [0.15, 0.2) is 48.5 Å². The molecule has 0 unspecified atom stereocenters. The van der Waals surface area contributed by atoms with E-state index in [9.17, 15) is 9.59 Å². The van der Waals surface area contributed by atoms with Crippen LogP contribution in [0, 0.1) is 0 Å². The third-order valence-corrected chi connectivity index (χ3v) is 4.64. The molecule has 1 N–H and O–H groups in total. The summed E-state index contributed by atoms with van der Waals surface area (Å²) in [5.74, 6) is -0.171. The van der Waals surface area contributed by atoms with Crippen molar-refractivity contribution in [2.45, 2.75) is 26.9 Å². The predicted molar refractivity (Wildman–Crippen MR) is 115 cm³/mol. The first-order valence-corrected chi connectivity index (χ1v) is 10.0. The highest BCUT2D eigenvalue weighted by molar-refractivity contribution is 6.30. The van der Waals surface area contributed by atoms with Crippen molar-refractivity contribution in [1.29, 1.82) is 0 Å². The zero-order valence-electron chi connectivity index (χ0n) is 17.0. The second-order valence-corrected chi connectivity index (χ2v) is 6.88. The van der Waals surface area contributed by atoms with Crippen LogP contribution in [0.1, 0.15) is 31.1 Å². The first-order valence-electron chi connectivity index (χ1n) is 9.65. The number of nitrogens with one attached hydrogen (secondary N) is 1. The Kier molecular flexibility index (Phi) is 8.96. The average molecular weight is 419 g/mol. The molecule has 0 saturated carbocycles. The van der Waals surface area contributed by atoms with Gasteiger partial charge >= 0.3 is 5.97 Å². The number of benzene rings is 2.